The first-order valence-corrected chi connectivity index (χ1v) is 7.71. The largest absolute Gasteiger partial charge is 0.383 e. The van der Waals surface area contributed by atoms with Crippen LogP contribution < -0.4 is 10.6 Å². The quantitative estimate of drug-likeness (QED) is 0.802. The van der Waals surface area contributed by atoms with Crippen molar-refractivity contribution < 1.29 is 9.90 Å². The lowest BCUT2D eigenvalue weighted by Gasteiger charge is -2.22. The maximum absolute atomic E-state index is 11.9. The number of benzene rings is 1. The summed E-state index contributed by atoms with van der Waals surface area (Å²) in [7, 11) is 0. The molecule has 1 atom stereocenters. The highest BCUT2D eigenvalue weighted by atomic mass is 35.5. The van der Waals surface area contributed by atoms with Crippen molar-refractivity contribution in [2.45, 2.75) is 19.4 Å². The van der Waals surface area contributed by atoms with Gasteiger partial charge in [0.2, 0.25) is 0 Å². The highest BCUT2D eigenvalue weighted by Crippen LogP contribution is 2.24. The van der Waals surface area contributed by atoms with Crippen molar-refractivity contribution in [2.75, 3.05) is 11.9 Å². The maximum atomic E-state index is 11.9. The molecule has 3 N–H and O–H groups in total. The monoisotopic (exact) mass is 324 g/mol. The molecule has 112 valence electrons. The van der Waals surface area contributed by atoms with Gasteiger partial charge >= 0.3 is 6.03 Å². The Balaban J connectivity index is 1.93. The second-order valence-electron chi connectivity index (χ2n) is 5.02. The number of nitrogens with one attached hydrogen (secondary N) is 2. The molecule has 2 rings (SSSR count). The number of aryl methyl sites for hydroxylation is 1. The minimum absolute atomic E-state index is 0.131. The van der Waals surface area contributed by atoms with Gasteiger partial charge in [-0.3, -0.25) is 0 Å². The van der Waals surface area contributed by atoms with E-state index in [9.17, 15) is 9.90 Å². The molecular weight excluding hydrogens is 308 g/mol. The summed E-state index contributed by atoms with van der Waals surface area (Å²) < 4.78 is 0. The lowest BCUT2D eigenvalue weighted by molar-refractivity contribution is 0.0637. The van der Waals surface area contributed by atoms with Crippen molar-refractivity contribution >= 4 is 34.7 Å². The molecule has 2 aromatic rings. The summed E-state index contributed by atoms with van der Waals surface area (Å²) in [6.07, 6.45) is 0. The summed E-state index contributed by atoms with van der Waals surface area (Å²) in [5.74, 6) is 0. The van der Waals surface area contributed by atoms with E-state index in [1.54, 1.807) is 25.1 Å². The Labute approximate surface area is 132 Å². The third kappa shape index (κ3) is 4.20. The number of urea groups is 1. The summed E-state index contributed by atoms with van der Waals surface area (Å²) in [5, 5.41) is 18.3. The zero-order chi connectivity index (χ0) is 15.5. The molecule has 1 heterocycles. The Morgan fingerprint density at radius 2 is 2.19 bits per heavy atom. The Hall–Kier alpha value is -1.56. The fourth-order valence-electron chi connectivity index (χ4n) is 1.86. The number of rotatable bonds is 4. The highest BCUT2D eigenvalue weighted by molar-refractivity contribution is 7.10. The Kier molecular flexibility index (Phi) is 4.88. The zero-order valence-electron chi connectivity index (χ0n) is 11.8. The molecule has 0 radical (unpaired) electrons. The number of hydrogen-bond acceptors (Lipinski definition) is 3. The van der Waals surface area contributed by atoms with Crippen LogP contribution in [0.2, 0.25) is 5.02 Å². The van der Waals surface area contributed by atoms with E-state index in [1.165, 1.54) is 11.3 Å². The Morgan fingerprint density at radius 1 is 1.43 bits per heavy atom. The fraction of sp³-hybridized carbons (Fsp3) is 0.267. The second-order valence-corrected chi connectivity index (χ2v) is 6.40. The summed E-state index contributed by atoms with van der Waals surface area (Å²) in [5.41, 5.74) is 0.482. The van der Waals surface area contributed by atoms with Crippen molar-refractivity contribution in [1.82, 2.24) is 5.32 Å². The van der Waals surface area contributed by atoms with Gasteiger partial charge in [-0.2, -0.15) is 0 Å². The molecule has 0 aliphatic rings. The van der Waals surface area contributed by atoms with Crippen LogP contribution in [0, 0.1) is 6.92 Å². The lowest BCUT2D eigenvalue weighted by Crippen LogP contribution is -2.40. The van der Waals surface area contributed by atoms with E-state index < -0.39 is 5.60 Å². The molecule has 0 saturated heterocycles. The average Bonchev–Trinajstić information content (AvgIpc) is 2.95. The standard InChI is InChI=1S/C15H17ClN2O2S/c1-10-8-11(16)5-6-12(10)18-14(19)17-9-15(2,20)13-4-3-7-21-13/h3-8,20H,9H2,1-2H3,(H2,17,18,19). The molecule has 1 aromatic heterocycles. The molecule has 4 nitrogen and oxygen atoms in total. The molecule has 6 heteroatoms. The predicted octanol–water partition coefficient (Wildman–Crippen LogP) is 3.74. The average molecular weight is 325 g/mol. The van der Waals surface area contributed by atoms with Crippen LogP contribution in [0.5, 0.6) is 0 Å². The van der Waals surface area contributed by atoms with Crippen LogP contribution in [0.3, 0.4) is 0 Å². The van der Waals surface area contributed by atoms with Gasteiger partial charge < -0.3 is 15.7 Å². The molecule has 0 aliphatic carbocycles. The highest BCUT2D eigenvalue weighted by Gasteiger charge is 2.24. The predicted molar refractivity (Wildman–Crippen MR) is 87.1 cm³/mol. The van der Waals surface area contributed by atoms with Crippen LogP contribution in [-0.4, -0.2) is 17.7 Å². The van der Waals surface area contributed by atoms with Gasteiger partial charge in [-0.15, -0.1) is 11.3 Å². The Morgan fingerprint density at radius 3 is 2.81 bits per heavy atom. The van der Waals surface area contributed by atoms with E-state index in [2.05, 4.69) is 10.6 Å². The van der Waals surface area contributed by atoms with Crippen molar-refractivity contribution in [3.8, 4) is 0 Å². The minimum atomic E-state index is -1.08. The van der Waals surface area contributed by atoms with Gasteiger partial charge in [-0.1, -0.05) is 17.7 Å². The number of anilines is 1. The van der Waals surface area contributed by atoms with Crippen molar-refractivity contribution in [3.63, 3.8) is 0 Å². The summed E-state index contributed by atoms with van der Waals surface area (Å²) in [4.78, 5) is 12.7. The number of aliphatic hydroxyl groups is 1. The van der Waals surface area contributed by atoms with Gasteiger partial charge in [-0.25, -0.2) is 4.79 Å². The maximum Gasteiger partial charge on any atom is 0.319 e. The van der Waals surface area contributed by atoms with Crippen LogP contribution in [0.4, 0.5) is 10.5 Å². The first-order chi connectivity index (χ1) is 9.88. The van der Waals surface area contributed by atoms with Gasteiger partial charge in [0, 0.05) is 15.6 Å². The fourth-order valence-corrected chi connectivity index (χ4v) is 2.87. The molecule has 1 unspecified atom stereocenters. The molecule has 0 saturated carbocycles. The van der Waals surface area contributed by atoms with E-state index in [1.807, 2.05) is 24.4 Å². The van der Waals surface area contributed by atoms with Crippen molar-refractivity contribution in [2.24, 2.45) is 0 Å². The van der Waals surface area contributed by atoms with Gasteiger partial charge in [0.15, 0.2) is 0 Å². The van der Waals surface area contributed by atoms with Crippen LogP contribution in [0.15, 0.2) is 35.7 Å². The van der Waals surface area contributed by atoms with E-state index in [0.717, 1.165) is 10.4 Å². The molecular formula is C15H17ClN2O2S. The summed E-state index contributed by atoms with van der Waals surface area (Å²) in [6, 6.07) is 8.58. The first kappa shape index (κ1) is 15.8. The third-order valence-electron chi connectivity index (χ3n) is 3.08. The second kappa shape index (κ2) is 6.47. The lowest BCUT2D eigenvalue weighted by atomic mass is 10.1. The minimum Gasteiger partial charge on any atom is -0.383 e. The molecule has 0 bridgehead atoms. The summed E-state index contributed by atoms with van der Waals surface area (Å²) in [6.45, 7) is 3.67. The van der Waals surface area contributed by atoms with E-state index in [4.69, 9.17) is 11.6 Å². The summed E-state index contributed by atoms with van der Waals surface area (Å²) >= 11 is 7.32. The van der Waals surface area contributed by atoms with Crippen LogP contribution in [0.1, 0.15) is 17.4 Å². The molecule has 0 spiro atoms. The number of hydrogen-bond donors (Lipinski definition) is 3. The van der Waals surface area contributed by atoms with Crippen molar-refractivity contribution in [3.05, 3.63) is 51.2 Å². The topological polar surface area (TPSA) is 61.4 Å². The van der Waals surface area contributed by atoms with Gasteiger partial charge in [0.25, 0.3) is 0 Å². The SMILES string of the molecule is Cc1cc(Cl)ccc1NC(=O)NCC(C)(O)c1cccs1. The van der Waals surface area contributed by atoms with Crippen molar-refractivity contribution in [1.29, 1.82) is 0 Å². The Bertz CT molecular complexity index is 627. The smallest absolute Gasteiger partial charge is 0.319 e. The molecule has 21 heavy (non-hydrogen) atoms. The number of halogens is 1. The number of thiophene rings is 1. The molecule has 0 aliphatic heterocycles. The van der Waals surface area contributed by atoms with E-state index in [0.29, 0.717) is 10.7 Å². The number of amides is 2. The van der Waals surface area contributed by atoms with Crippen LogP contribution >= 0.6 is 22.9 Å². The zero-order valence-corrected chi connectivity index (χ0v) is 13.4. The van der Waals surface area contributed by atoms with Gasteiger partial charge in [0.1, 0.15) is 5.60 Å². The molecule has 1 aromatic carbocycles. The molecule has 2 amide bonds. The van der Waals surface area contributed by atoms with Crippen LogP contribution in [0.25, 0.3) is 0 Å². The first-order valence-electron chi connectivity index (χ1n) is 6.46. The normalized spacial score (nSPS) is 13.5. The third-order valence-corrected chi connectivity index (χ3v) is 4.44. The van der Waals surface area contributed by atoms with E-state index in [-0.39, 0.29) is 12.6 Å². The van der Waals surface area contributed by atoms with Gasteiger partial charge in [0.05, 0.1) is 6.54 Å². The van der Waals surface area contributed by atoms with Gasteiger partial charge in [-0.05, 0) is 49.1 Å². The number of carbonyl (C=O) groups is 1. The van der Waals surface area contributed by atoms with E-state index >= 15 is 0 Å². The molecule has 0 fully saturated rings. The number of carbonyl (C=O) groups excluding carboxylic acids is 1. The van der Waals surface area contributed by atoms with Crippen LogP contribution in [-0.2, 0) is 5.60 Å².